The molecule has 0 saturated carbocycles. The first kappa shape index (κ1) is 39.1. The highest BCUT2D eigenvalue weighted by atomic mass is 16.3. The smallest absolute Gasteiger partial charge is 0.204 e. The average Bonchev–Trinajstić information content (AvgIpc) is 3.52. The Bertz CT molecular complexity index is 2500. The predicted molar refractivity (Wildman–Crippen MR) is 227 cm³/mol. The number of aliphatic hydroxyl groups is 3. The predicted octanol–water partition coefficient (Wildman–Crippen LogP) is 9.29. The van der Waals surface area contributed by atoms with Gasteiger partial charge >= 0.3 is 0 Å². The summed E-state index contributed by atoms with van der Waals surface area (Å²) in [5, 5.41) is 77.7. The lowest BCUT2D eigenvalue weighted by Crippen LogP contribution is -2.27. The van der Waals surface area contributed by atoms with Gasteiger partial charge in [0.25, 0.3) is 0 Å². The standard InChI is InChI=1S/C47H45B2NO7/c1-7-29-32(46(5,6)24-47(29)23-45(3,4)30-18-12-13-19-31(30)47)21-25(2)50(33-20-14-11-17-27(33)26-15-9-8-10-16-26)38-36(48)34(51)22-28(39(52)42(38)55)35-37(49)41(54)44(57)43(56)40(35)53/h7-21,51-57H,1,22-24H2,2-6H3/b25-21+. The van der Waals surface area contributed by atoms with Gasteiger partial charge in [-0.2, -0.15) is 0 Å². The summed E-state index contributed by atoms with van der Waals surface area (Å²) in [4.78, 5) is 1.68. The van der Waals surface area contributed by atoms with E-state index in [-0.39, 0.29) is 33.0 Å². The fourth-order valence-electron chi connectivity index (χ4n) is 9.59. The van der Waals surface area contributed by atoms with Crippen LogP contribution in [0.3, 0.4) is 0 Å². The molecule has 4 aromatic carbocycles. The van der Waals surface area contributed by atoms with Crippen LogP contribution < -0.4 is 10.4 Å². The normalized spacial score (nSPS) is 20.3. The van der Waals surface area contributed by atoms with Crippen molar-refractivity contribution in [3.8, 4) is 34.1 Å². The SMILES string of the molecule is [B]C1=C(O)CC(c2c([B])c(O)c(O)c(O)c2O)=C(O)C(O)=C1N(/C(C)=C/C1=C(C=C)C2(CC1(C)C)CC(C)(C)c1ccccc12)c1ccccc1-c1ccccc1. The summed E-state index contributed by atoms with van der Waals surface area (Å²) >= 11 is 0. The number of rotatable bonds is 7. The largest absolute Gasteiger partial charge is 0.513 e. The van der Waals surface area contributed by atoms with Crippen molar-refractivity contribution in [1.82, 2.24) is 0 Å². The molecule has 0 aliphatic heterocycles. The third kappa shape index (κ3) is 6.01. The summed E-state index contributed by atoms with van der Waals surface area (Å²) in [7, 11) is 12.9. The van der Waals surface area contributed by atoms with Crippen LogP contribution in [-0.4, -0.2) is 51.4 Å². The Hall–Kier alpha value is -6.15. The molecular weight excluding hydrogens is 712 g/mol. The number of fused-ring (bicyclic) bond motifs is 2. The van der Waals surface area contributed by atoms with Crippen LogP contribution in [0.1, 0.15) is 70.6 Å². The number of phenolic OH excluding ortho intramolecular Hbond substituents is 4. The summed E-state index contributed by atoms with van der Waals surface area (Å²) in [6.07, 6.45) is 5.12. The summed E-state index contributed by atoms with van der Waals surface area (Å²) < 4.78 is 0. The van der Waals surface area contributed by atoms with Gasteiger partial charge in [-0.1, -0.05) is 113 Å². The Balaban J connectivity index is 1.53. The van der Waals surface area contributed by atoms with Gasteiger partial charge in [0, 0.05) is 34.2 Å². The Morgan fingerprint density at radius 3 is 1.93 bits per heavy atom. The molecule has 7 rings (SSSR count). The van der Waals surface area contributed by atoms with E-state index < -0.39 is 57.7 Å². The van der Waals surface area contributed by atoms with E-state index in [1.165, 1.54) is 11.1 Å². The van der Waals surface area contributed by atoms with Crippen molar-refractivity contribution in [2.45, 2.75) is 64.7 Å². The van der Waals surface area contributed by atoms with Gasteiger partial charge in [-0.25, -0.2) is 0 Å². The number of hydrogen-bond donors (Lipinski definition) is 7. The Kier molecular flexibility index (Phi) is 9.46. The maximum absolute atomic E-state index is 12.2. The lowest BCUT2D eigenvalue weighted by molar-refractivity contribution is 0.319. The van der Waals surface area contributed by atoms with Gasteiger partial charge in [-0.05, 0) is 81.5 Å². The van der Waals surface area contributed by atoms with Crippen LogP contribution in [0.4, 0.5) is 5.69 Å². The van der Waals surface area contributed by atoms with E-state index in [2.05, 4.69) is 64.6 Å². The minimum atomic E-state index is -1.12. The highest BCUT2D eigenvalue weighted by Gasteiger charge is 2.56. The number of aliphatic hydroxyl groups excluding tert-OH is 3. The van der Waals surface area contributed by atoms with Crippen molar-refractivity contribution < 1.29 is 35.7 Å². The van der Waals surface area contributed by atoms with Crippen molar-refractivity contribution in [3.63, 3.8) is 0 Å². The molecule has 10 heteroatoms. The van der Waals surface area contributed by atoms with Crippen LogP contribution in [0.25, 0.3) is 16.7 Å². The number of para-hydroxylation sites is 1. The van der Waals surface area contributed by atoms with Crippen LogP contribution in [0.5, 0.6) is 23.0 Å². The molecule has 0 saturated heterocycles. The van der Waals surface area contributed by atoms with Gasteiger partial charge in [0.2, 0.25) is 11.5 Å². The molecule has 3 aliphatic rings. The maximum Gasteiger partial charge on any atom is 0.204 e. The molecule has 0 bridgehead atoms. The highest BCUT2D eigenvalue weighted by Crippen LogP contribution is 2.64. The van der Waals surface area contributed by atoms with Crippen LogP contribution in [-0.2, 0) is 10.8 Å². The average molecular weight is 758 g/mol. The van der Waals surface area contributed by atoms with Crippen molar-refractivity contribution in [2.24, 2.45) is 5.41 Å². The Morgan fingerprint density at radius 2 is 1.26 bits per heavy atom. The lowest BCUT2D eigenvalue weighted by Gasteiger charge is -2.33. The van der Waals surface area contributed by atoms with Gasteiger partial charge in [-0.15, -0.1) is 0 Å². The summed E-state index contributed by atoms with van der Waals surface area (Å²) in [6, 6.07) is 25.7. The van der Waals surface area contributed by atoms with E-state index in [0.29, 0.717) is 11.4 Å². The molecule has 3 aliphatic carbocycles. The molecule has 1 atom stereocenters. The zero-order chi connectivity index (χ0) is 41.4. The molecule has 0 heterocycles. The number of aromatic hydroxyl groups is 4. The molecule has 7 N–H and O–H groups in total. The molecular formula is C47H45B2NO7. The van der Waals surface area contributed by atoms with Crippen molar-refractivity contribution >= 4 is 32.4 Å². The van der Waals surface area contributed by atoms with E-state index in [9.17, 15) is 35.7 Å². The summed E-state index contributed by atoms with van der Waals surface area (Å²) in [5.41, 5.74) is 4.65. The highest BCUT2D eigenvalue weighted by molar-refractivity contribution is 6.37. The molecule has 0 fully saturated rings. The van der Waals surface area contributed by atoms with Gasteiger partial charge in [0.15, 0.2) is 23.0 Å². The number of hydrogen-bond acceptors (Lipinski definition) is 8. The van der Waals surface area contributed by atoms with Crippen molar-refractivity contribution in [2.75, 3.05) is 4.90 Å². The molecule has 1 spiro atoms. The maximum atomic E-state index is 12.2. The van der Waals surface area contributed by atoms with E-state index in [4.69, 9.17) is 15.7 Å². The third-order valence-corrected chi connectivity index (χ3v) is 11.9. The van der Waals surface area contributed by atoms with E-state index in [0.717, 1.165) is 35.1 Å². The fourth-order valence-corrected chi connectivity index (χ4v) is 9.59. The quantitative estimate of drug-likeness (QED) is 0.0562. The Labute approximate surface area is 335 Å². The zero-order valence-corrected chi connectivity index (χ0v) is 32.7. The topological polar surface area (TPSA) is 145 Å². The second-order valence-corrected chi connectivity index (χ2v) is 16.5. The molecule has 0 aromatic heterocycles. The van der Waals surface area contributed by atoms with Gasteiger partial charge in [-0.3, -0.25) is 0 Å². The molecule has 286 valence electrons. The summed E-state index contributed by atoms with van der Waals surface area (Å²) in [6.45, 7) is 15.2. The van der Waals surface area contributed by atoms with Crippen LogP contribution in [0, 0.1) is 5.41 Å². The molecule has 4 aromatic rings. The molecule has 57 heavy (non-hydrogen) atoms. The number of anilines is 1. The second kappa shape index (κ2) is 13.8. The van der Waals surface area contributed by atoms with Crippen molar-refractivity contribution in [3.05, 3.63) is 160 Å². The van der Waals surface area contributed by atoms with Crippen LogP contribution in [0.15, 0.2) is 143 Å². The number of benzene rings is 4. The van der Waals surface area contributed by atoms with E-state index in [1.807, 2.05) is 67.6 Å². The minimum Gasteiger partial charge on any atom is -0.513 e. The number of nitrogens with zero attached hydrogens (tertiary/aromatic N) is 1. The Morgan fingerprint density at radius 1 is 0.684 bits per heavy atom. The zero-order valence-electron chi connectivity index (χ0n) is 32.7. The van der Waals surface area contributed by atoms with E-state index in [1.54, 1.807) is 4.90 Å². The third-order valence-electron chi connectivity index (χ3n) is 11.9. The van der Waals surface area contributed by atoms with Crippen LogP contribution in [0.2, 0.25) is 0 Å². The second-order valence-electron chi connectivity index (χ2n) is 16.5. The molecule has 1 unspecified atom stereocenters. The molecule has 0 amide bonds. The first-order chi connectivity index (χ1) is 26.9. The minimum absolute atomic E-state index is 0.0893. The number of allylic oxidation sites excluding steroid dienone is 7. The van der Waals surface area contributed by atoms with Gasteiger partial charge in [0.1, 0.15) is 15.7 Å². The monoisotopic (exact) mass is 757 g/mol. The van der Waals surface area contributed by atoms with Crippen LogP contribution >= 0.6 is 0 Å². The fraction of sp³-hybridized carbons (Fsp3) is 0.234. The molecule has 4 radical (unpaired) electrons. The first-order valence-electron chi connectivity index (χ1n) is 18.8. The number of phenols is 4. The lowest BCUT2D eigenvalue weighted by atomic mass is 9.71. The van der Waals surface area contributed by atoms with E-state index >= 15 is 0 Å². The van der Waals surface area contributed by atoms with Gasteiger partial charge in [0.05, 0.1) is 17.1 Å². The van der Waals surface area contributed by atoms with Crippen molar-refractivity contribution in [1.29, 1.82) is 0 Å². The van der Waals surface area contributed by atoms with Gasteiger partial charge < -0.3 is 40.6 Å². The molecule has 8 nitrogen and oxygen atoms in total. The first-order valence-corrected chi connectivity index (χ1v) is 18.8. The summed E-state index contributed by atoms with van der Waals surface area (Å²) in [5.74, 6) is -6.33.